The Balaban J connectivity index is 1.71. The number of anilines is 2. The molecule has 1 atom stereocenters. The third-order valence-electron chi connectivity index (χ3n) is 4.67. The highest BCUT2D eigenvalue weighted by Crippen LogP contribution is 2.25. The predicted molar refractivity (Wildman–Crippen MR) is 107 cm³/mol. The van der Waals surface area contributed by atoms with Crippen molar-refractivity contribution < 1.29 is 17.6 Å². The zero-order valence-electron chi connectivity index (χ0n) is 15.9. The molecule has 1 aliphatic rings. The maximum atomic E-state index is 14.2. The van der Waals surface area contributed by atoms with Crippen LogP contribution in [0.5, 0.6) is 0 Å². The number of nitrogens with one attached hydrogen (secondary N) is 2. The van der Waals surface area contributed by atoms with Crippen LogP contribution >= 0.6 is 0 Å². The number of piperidine rings is 1. The van der Waals surface area contributed by atoms with E-state index in [1.54, 1.807) is 24.3 Å². The number of benzene rings is 2. The third kappa shape index (κ3) is 4.88. The summed E-state index contributed by atoms with van der Waals surface area (Å²) in [5, 5.41) is 2.60. The van der Waals surface area contributed by atoms with Crippen LogP contribution in [0, 0.1) is 12.7 Å². The lowest BCUT2D eigenvalue weighted by Gasteiger charge is -2.35. The maximum absolute atomic E-state index is 14.2. The Labute approximate surface area is 164 Å². The zero-order valence-corrected chi connectivity index (χ0v) is 16.7. The average molecular weight is 405 g/mol. The van der Waals surface area contributed by atoms with Gasteiger partial charge in [0.2, 0.25) is 15.9 Å². The van der Waals surface area contributed by atoms with Gasteiger partial charge in [-0.25, -0.2) is 17.5 Å². The Morgan fingerprint density at radius 1 is 1.18 bits per heavy atom. The first-order valence-corrected chi connectivity index (χ1v) is 10.6. The summed E-state index contributed by atoms with van der Waals surface area (Å²) >= 11 is 0. The van der Waals surface area contributed by atoms with Crippen LogP contribution in [0.25, 0.3) is 0 Å². The minimum atomic E-state index is -3.71. The van der Waals surface area contributed by atoms with Gasteiger partial charge in [0.15, 0.2) is 0 Å². The monoisotopic (exact) mass is 405 g/mol. The number of hydrogen-bond acceptors (Lipinski definition) is 4. The number of halogens is 1. The maximum Gasteiger partial charge on any atom is 0.240 e. The summed E-state index contributed by atoms with van der Waals surface area (Å²) in [4.78, 5) is 13.1. The molecule has 1 amide bonds. The fourth-order valence-electron chi connectivity index (χ4n) is 3.37. The largest absolute Gasteiger partial charge is 0.368 e. The summed E-state index contributed by atoms with van der Waals surface area (Å²) in [6.45, 7) is 4.38. The van der Waals surface area contributed by atoms with Crippen LogP contribution in [-0.2, 0) is 14.8 Å². The minimum Gasteiger partial charge on any atom is -0.368 e. The van der Waals surface area contributed by atoms with Gasteiger partial charge in [-0.2, -0.15) is 0 Å². The first kappa shape index (κ1) is 20.3. The van der Waals surface area contributed by atoms with Crippen LogP contribution in [-0.4, -0.2) is 33.5 Å². The molecule has 1 unspecified atom stereocenters. The third-order valence-corrected chi connectivity index (χ3v) is 6.21. The van der Waals surface area contributed by atoms with E-state index >= 15 is 0 Å². The lowest BCUT2D eigenvalue weighted by Crippen LogP contribution is -2.48. The summed E-state index contributed by atoms with van der Waals surface area (Å²) < 4.78 is 42.3. The second kappa shape index (κ2) is 8.28. The smallest absolute Gasteiger partial charge is 0.240 e. The standard InChI is InChI=1S/C20H24FN3O3S/c1-14-5-10-19(21)20(12-14)24-11-3-4-17(13-24)23-28(26,27)18-8-6-16(7-9-18)22-15(2)25/h5-10,12,17,23H,3-4,11,13H2,1-2H3,(H,22,25). The molecule has 1 fully saturated rings. The minimum absolute atomic E-state index is 0.125. The van der Waals surface area contributed by atoms with Crippen LogP contribution in [0.2, 0.25) is 0 Å². The molecule has 28 heavy (non-hydrogen) atoms. The van der Waals surface area contributed by atoms with E-state index < -0.39 is 10.0 Å². The molecule has 150 valence electrons. The number of carbonyl (C=O) groups excluding carboxylic acids is 1. The highest BCUT2D eigenvalue weighted by molar-refractivity contribution is 7.89. The van der Waals surface area contributed by atoms with E-state index in [1.807, 2.05) is 11.8 Å². The molecular formula is C20H24FN3O3S. The van der Waals surface area contributed by atoms with E-state index in [9.17, 15) is 17.6 Å². The lowest BCUT2D eigenvalue weighted by molar-refractivity contribution is -0.114. The van der Waals surface area contributed by atoms with Crippen molar-refractivity contribution in [1.82, 2.24) is 4.72 Å². The second-order valence-electron chi connectivity index (χ2n) is 7.07. The SMILES string of the molecule is CC(=O)Nc1ccc(S(=O)(=O)NC2CCCN(c3cc(C)ccc3F)C2)cc1. The summed E-state index contributed by atoms with van der Waals surface area (Å²) in [5.74, 6) is -0.526. The van der Waals surface area contributed by atoms with E-state index in [2.05, 4.69) is 10.0 Å². The van der Waals surface area contributed by atoms with Gasteiger partial charge in [-0.1, -0.05) is 6.07 Å². The summed E-state index contributed by atoms with van der Waals surface area (Å²) in [6.07, 6.45) is 1.45. The van der Waals surface area contributed by atoms with Gasteiger partial charge in [0.05, 0.1) is 10.6 Å². The van der Waals surface area contributed by atoms with Gasteiger partial charge >= 0.3 is 0 Å². The highest BCUT2D eigenvalue weighted by atomic mass is 32.2. The van der Waals surface area contributed by atoms with Crippen molar-refractivity contribution in [2.75, 3.05) is 23.3 Å². The molecule has 0 spiro atoms. The molecule has 6 nitrogen and oxygen atoms in total. The van der Waals surface area contributed by atoms with Crippen molar-refractivity contribution in [2.45, 2.75) is 37.6 Å². The first-order chi connectivity index (χ1) is 13.2. The molecule has 0 radical (unpaired) electrons. The quantitative estimate of drug-likeness (QED) is 0.802. The molecule has 1 heterocycles. The van der Waals surface area contributed by atoms with Crippen molar-refractivity contribution >= 4 is 27.3 Å². The number of carbonyl (C=O) groups is 1. The van der Waals surface area contributed by atoms with Crippen LogP contribution in [0.4, 0.5) is 15.8 Å². The zero-order chi connectivity index (χ0) is 20.3. The molecule has 1 saturated heterocycles. The van der Waals surface area contributed by atoms with Crippen LogP contribution in [0.15, 0.2) is 47.4 Å². The number of amides is 1. The molecule has 0 bridgehead atoms. The fourth-order valence-corrected chi connectivity index (χ4v) is 4.63. The van der Waals surface area contributed by atoms with Gasteiger partial charge in [0.1, 0.15) is 5.82 Å². The Kier molecular flexibility index (Phi) is 6.00. The van der Waals surface area contributed by atoms with E-state index in [1.165, 1.54) is 25.1 Å². The van der Waals surface area contributed by atoms with Crippen molar-refractivity contribution in [1.29, 1.82) is 0 Å². The van der Waals surface area contributed by atoms with Crippen LogP contribution in [0.3, 0.4) is 0 Å². The van der Waals surface area contributed by atoms with E-state index in [0.717, 1.165) is 12.0 Å². The molecule has 2 aromatic carbocycles. The Morgan fingerprint density at radius 3 is 2.57 bits per heavy atom. The number of sulfonamides is 1. The Bertz CT molecular complexity index is 961. The number of hydrogen-bond donors (Lipinski definition) is 2. The normalized spacial score (nSPS) is 17.4. The lowest BCUT2D eigenvalue weighted by atomic mass is 10.1. The summed E-state index contributed by atoms with van der Waals surface area (Å²) in [6, 6.07) is 10.6. The van der Waals surface area contributed by atoms with Crippen molar-refractivity contribution in [3.05, 3.63) is 53.8 Å². The van der Waals surface area contributed by atoms with Crippen LogP contribution < -0.4 is 14.9 Å². The molecule has 0 aliphatic carbocycles. The van der Waals surface area contributed by atoms with E-state index in [-0.39, 0.29) is 22.7 Å². The van der Waals surface area contributed by atoms with Crippen molar-refractivity contribution in [3.63, 3.8) is 0 Å². The predicted octanol–water partition coefficient (Wildman–Crippen LogP) is 3.04. The van der Waals surface area contributed by atoms with E-state index in [4.69, 9.17) is 0 Å². The molecule has 1 aliphatic heterocycles. The number of rotatable bonds is 5. The molecule has 0 aromatic heterocycles. The van der Waals surface area contributed by atoms with Crippen molar-refractivity contribution in [3.8, 4) is 0 Å². The van der Waals surface area contributed by atoms with Gasteiger partial charge in [-0.15, -0.1) is 0 Å². The van der Waals surface area contributed by atoms with Gasteiger partial charge in [-0.05, 0) is 61.7 Å². The van der Waals surface area contributed by atoms with Gasteiger partial charge < -0.3 is 10.2 Å². The molecule has 3 rings (SSSR count). The first-order valence-electron chi connectivity index (χ1n) is 9.16. The fraction of sp³-hybridized carbons (Fsp3) is 0.350. The molecule has 0 saturated carbocycles. The van der Waals surface area contributed by atoms with E-state index in [0.29, 0.717) is 30.9 Å². The Morgan fingerprint density at radius 2 is 1.89 bits per heavy atom. The summed E-state index contributed by atoms with van der Waals surface area (Å²) in [5.41, 5.74) is 1.99. The number of nitrogens with zero attached hydrogens (tertiary/aromatic N) is 1. The molecule has 8 heteroatoms. The topological polar surface area (TPSA) is 78.5 Å². The van der Waals surface area contributed by atoms with Crippen molar-refractivity contribution in [2.24, 2.45) is 0 Å². The molecule has 2 N–H and O–H groups in total. The van der Waals surface area contributed by atoms with Gasteiger partial charge in [-0.3, -0.25) is 4.79 Å². The summed E-state index contributed by atoms with van der Waals surface area (Å²) in [7, 11) is -3.71. The second-order valence-corrected chi connectivity index (χ2v) is 8.78. The molecular weight excluding hydrogens is 381 g/mol. The van der Waals surface area contributed by atoms with Crippen LogP contribution in [0.1, 0.15) is 25.3 Å². The average Bonchev–Trinajstić information content (AvgIpc) is 2.63. The molecule has 2 aromatic rings. The van der Waals surface area contributed by atoms with Gasteiger partial charge in [0, 0.05) is 31.7 Å². The Hall–Kier alpha value is -2.45. The highest BCUT2D eigenvalue weighted by Gasteiger charge is 2.26. The number of aryl methyl sites for hydroxylation is 1. The van der Waals surface area contributed by atoms with Gasteiger partial charge in [0.25, 0.3) is 0 Å².